The van der Waals surface area contributed by atoms with E-state index in [0.29, 0.717) is 5.75 Å². The molecule has 0 aliphatic carbocycles. The lowest BCUT2D eigenvalue weighted by atomic mass is 10.1. The van der Waals surface area contributed by atoms with Gasteiger partial charge in [0.05, 0.1) is 5.69 Å². The van der Waals surface area contributed by atoms with Crippen LogP contribution in [0, 0.1) is 25.5 Å². The zero-order valence-electron chi connectivity index (χ0n) is 10.1. The van der Waals surface area contributed by atoms with E-state index in [1.54, 1.807) is 6.07 Å². The van der Waals surface area contributed by atoms with Gasteiger partial charge in [-0.15, -0.1) is 0 Å². The summed E-state index contributed by atoms with van der Waals surface area (Å²) in [5.41, 5.74) is 7.54. The highest BCUT2D eigenvalue weighted by molar-refractivity contribution is 5.55. The normalized spacial score (nSPS) is 10.4. The highest BCUT2D eigenvalue weighted by Crippen LogP contribution is 2.33. The van der Waals surface area contributed by atoms with Crippen molar-refractivity contribution >= 4 is 5.69 Å². The minimum Gasteiger partial charge on any atom is -0.452 e. The van der Waals surface area contributed by atoms with Gasteiger partial charge in [-0.25, -0.2) is 4.39 Å². The summed E-state index contributed by atoms with van der Waals surface area (Å²) >= 11 is 0. The van der Waals surface area contributed by atoms with Crippen LogP contribution in [0.25, 0.3) is 0 Å². The van der Waals surface area contributed by atoms with Gasteiger partial charge >= 0.3 is 0 Å². The molecule has 2 nitrogen and oxygen atoms in total. The number of aryl methyl sites for hydroxylation is 2. The topological polar surface area (TPSA) is 35.2 Å². The Bertz CT molecular complexity index is 597. The van der Waals surface area contributed by atoms with Gasteiger partial charge in [-0.1, -0.05) is 17.7 Å². The van der Waals surface area contributed by atoms with Gasteiger partial charge in [-0.3, -0.25) is 0 Å². The van der Waals surface area contributed by atoms with Gasteiger partial charge in [-0.2, -0.15) is 4.39 Å². The molecule has 2 aromatic carbocycles. The Balaban J connectivity index is 2.43. The van der Waals surface area contributed by atoms with E-state index in [1.165, 1.54) is 6.07 Å². The van der Waals surface area contributed by atoms with E-state index in [4.69, 9.17) is 10.5 Å². The van der Waals surface area contributed by atoms with Crippen molar-refractivity contribution in [3.05, 3.63) is 53.1 Å². The van der Waals surface area contributed by atoms with Crippen molar-refractivity contribution in [2.45, 2.75) is 13.8 Å². The molecule has 0 aliphatic rings. The summed E-state index contributed by atoms with van der Waals surface area (Å²) in [6.07, 6.45) is 0. The van der Waals surface area contributed by atoms with Crippen LogP contribution in [-0.4, -0.2) is 0 Å². The molecular formula is C14H13F2NO. The molecule has 0 radical (unpaired) electrons. The average Bonchev–Trinajstić information content (AvgIpc) is 2.32. The van der Waals surface area contributed by atoms with Crippen LogP contribution in [0.4, 0.5) is 14.5 Å². The molecule has 94 valence electrons. The number of nitrogen functional groups attached to an aromatic ring is 1. The maximum Gasteiger partial charge on any atom is 0.203 e. The lowest BCUT2D eigenvalue weighted by Crippen LogP contribution is -1.98. The molecule has 18 heavy (non-hydrogen) atoms. The summed E-state index contributed by atoms with van der Waals surface area (Å²) in [4.78, 5) is 0. The summed E-state index contributed by atoms with van der Waals surface area (Å²) in [5, 5.41) is 0. The predicted octanol–water partition coefficient (Wildman–Crippen LogP) is 3.96. The van der Waals surface area contributed by atoms with Gasteiger partial charge in [0.2, 0.25) is 5.82 Å². The highest BCUT2D eigenvalue weighted by Gasteiger charge is 2.15. The summed E-state index contributed by atoms with van der Waals surface area (Å²) < 4.78 is 32.1. The number of benzene rings is 2. The Hall–Kier alpha value is -2.10. The number of halogens is 2. The number of rotatable bonds is 2. The van der Waals surface area contributed by atoms with Gasteiger partial charge in [0.25, 0.3) is 0 Å². The molecule has 0 bridgehead atoms. The van der Waals surface area contributed by atoms with Crippen LogP contribution in [0.3, 0.4) is 0 Å². The van der Waals surface area contributed by atoms with Crippen molar-refractivity contribution in [3.63, 3.8) is 0 Å². The fourth-order valence-corrected chi connectivity index (χ4v) is 1.67. The van der Waals surface area contributed by atoms with E-state index in [2.05, 4.69) is 0 Å². The number of nitrogens with two attached hydrogens (primary N) is 1. The first-order valence-electron chi connectivity index (χ1n) is 5.47. The van der Waals surface area contributed by atoms with Crippen molar-refractivity contribution < 1.29 is 13.5 Å². The lowest BCUT2D eigenvalue weighted by molar-refractivity contribution is 0.416. The number of hydrogen-bond acceptors (Lipinski definition) is 2. The maximum atomic E-state index is 13.6. The molecule has 0 heterocycles. The van der Waals surface area contributed by atoms with Crippen LogP contribution in [0.1, 0.15) is 11.1 Å². The molecule has 0 amide bonds. The predicted molar refractivity (Wildman–Crippen MR) is 66.8 cm³/mol. The molecule has 0 atom stereocenters. The third kappa shape index (κ3) is 2.27. The van der Waals surface area contributed by atoms with E-state index in [9.17, 15) is 8.78 Å². The largest absolute Gasteiger partial charge is 0.452 e. The van der Waals surface area contributed by atoms with E-state index in [-0.39, 0.29) is 11.4 Å². The smallest absolute Gasteiger partial charge is 0.203 e. The average molecular weight is 249 g/mol. The van der Waals surface area contributed by atoms with Gasteiger partial charge in [0, 0.05) is 0 Å². The monoisotopic (exact) mass is 249 g/mol. The Morgan fingerprint density at radius 2 is 1.78 bits per heavy atom. The first kappa shape index (κ1) is 12.4. The third-order valence-corrected chi connectivity index (χ3v) is 2.62. The minimum absolute atomic E-state index is 0.0638. The van der Waals surface area contributed by atoms with Crippen LogP contribution in [0.2, 0.25) is 0 Å². The van der Waals surface area contributed by atoms with Gasteiger partial charge < -0.3 is 10.5 Å². The van der Waals surface area contributed by atoms with Crippen molar-refractivity contribution in [1.29, 1.82) is 0 Å². The van der Waals surface area contributed by atoms with E-state index < -0.39 is 11.6 Å². The molecular weight excluding hydrogens is 236 g/mol. The second-order valence-corrected chi connectivity index (χ2v) is 4.15. The maximum absolute atomic E-state index is 13.6. The number of hydrogen-bond donors (Lipinski definition) is 1. The Morgan fingerprint density at radius 1 is 1.06 bits per heavy atom. The molecule has 0 saturated carbocycles. The van der Waals surface area contributed by atoms with Crippen LogP contribution >= 0.6 is 0 Å². The zero-order chi connectivity index (χ0) is 13.3. The molecule has 2 aromatic rings. The summed E-state index contributed by atoms with van der Waals surface area (Å²) in [5.74, 6) is -1.88. The SMILES string of the molecule is Cc1ccc(Oc2c(N)ccc(F)c2F)c(C)c1. The molecule has 0 aliphatic heterocycles. The first-order chi connectivity index (χ1) is 8.49. The molecule has 0 fully saturated rings. The number of ether oxygens (including phenoxy) is 1. The van der Waals surface area contributed by atoms with Crippen molar-refractivity contribution in [1.82, 2.24) is 0 Å². The molecule has 0 spiro atoms. The molecule has 2 N–H and O–H groups in total. The van der Waals surface area contributed by atoms with Gasteiger partial charge in [0.1, 0.15) is 5.75 Å². The zero-order valence-corrected chi connectivity index (χ0v) is 10.1. The minimum atomic E-state index is -1.07. The second kappa shape index (κ2) is 4.64. The van der Waals surface area contributed by atoms with Crippen LogP contribution in [0.5, 0.6) is 11.5 Å². The van der Waals surface area contributed by atoms with Gasteiger partial charge in [0.15, 0.2) is 11.6 Å². The molecule has 0 saturated heterocycles. The van der Waals surface area contributed by atoms with Crippen molar-refractivity contribution in [3.8, 4) is 11.5 Å². The summed E-state index contributed by atoms with van der Waals surface area (Å²) in [6.45, 7) is 3.77. The lowest BCUT2D eigenvalue weighted by Gasteiger charge is -2.12. The van der Waals surface area contributed by atoms with Crippen LogP contribution < -0.4 is 10.5 Å². The molecule has 0 aromatic heterocycles. The highest BCUT2D eigenvalue weighted by atomic mass is 19.2. The fourth-order valence-electron chi connectivity index (χ4n) is 1.67. The Kier molecular flexibility index (Phi) is 3.19. The van der Waals surface area contributed by atoms with E-state index in [0.717, 1.165) is 17.2 Å². The van der Waals surface area contributed by atoms with Crippen LogP contribution in [0.15, 0.2) is 30.3 Å². The molecule has 2 rings (SSSR count). The standard InChI is InChI=1S/C14H13F2NO/c1-8-3-6-12(9(2)7-8)18-14-11(17)5-4-10(15)13(14)16/h3-7H,17H2,1-2H3. The summed E-state index contributed by atoms with van der Waals surface area (Å²) in [7, 11) is 0. The van der Waals surface area contributed by atoms with Gasteiger partial charge in [-0.05, 0) is 37.6 Å². The summed E-state index contributed by atoms with van der Waals surface area (Å²) in [6, 6.07) is 7.67. The van der Waals surface area contributed by atoms with E-state index in [1.807, 2.05) is 26.0 Å². The Morgan fingerprint density at radius 3 is 2.44 bits per heavy atom. The fraction of sp³-hybridized carbons (Fsp3) is 0.143. The number of anilines is 1. The Labute approximate surface area is 104 Å². The van der Waals surface area contributed by atoms with Crippen LogP contribution in [-0.2, 0) is 0 Å². The molecule has 0 unspecified atom stereocenters. The van der Waals surface area contributed by atoms with Crippen molar-refractivity contribution in [2.75, 3.05) is 5.73 Å². The second-order valence-electron chi connectivity index (χ2n) is 4.15. The first-order valence-corrected chi connectivity index (χ1v) is 5.47. The van der Waals surface area contributed by atoms with E-state index >= 15 is 0 Å². The third-order valence-electron chi connectivity index (χ3n) is 2.62. The quantitative estimate of drug-likeness (QED) is 0.818. The molecule has 4 heteroatoms. The van der Waals surface area contributed by atoms with Crippen molar-refractivity contribution in [2.24, 2.45) is 0 Å².